The second-order valence-corrected chi connectivity index (χ2v) is 9.63. The van der Waals surface area contributed by atoms with Crippen LogP contribution in [0.25, 0.3) is 10.8 Å². The molecule has 35 heavy (non-hydrogen) atoms. The molecule has 0 saturated heterocycles. The topological polar surface area (TPSA) is 49.3 Å². The second kappa shape index (κ2) is 10.0. The van der Waals surface area contributed by atoms with E-state index in [1.807, 2.05) is 6.07 Å². The molecule has 0 saturated carbocycles. The molecule has 0 radical (unpaired) electrons. The van der Waals surface area contributed by atoms with E-state index in [1.54, 1.807) is 6.07 Å². The fourth-order valence-corrected chi connectivity index (χ4v) is 5.62. The molecule has 3 atom stereocenters. The summed E-state index contributed by atoms with van der Waals surface area (Å²) in [5.41, 5.74) is 4.45. The lowest BCUT2D eigenvalue weighted by atomic mass is 9.73. The quantitative estimate of drug-likeness (QED) is 0.304. The van der Waals surface area contributed by atoms with Crippen molar-refractivity contribution in [3.05, 3.63) is 119 Å². The molecule has 178 valence electrons. The van der Waals surface area contributed by atoms with Crippen LogP contribution in [-0.4, -0.2) is 17.6 Å². The van der Waals surface area contributed by atoms with Gasteiger partial charge in [-0.2, -0.15) is 0 Å². The third-order valence-electron chi connectivity index (χ3n) is 7.42. The highest BCUT2D eigenvalue weighted by atomic mass is 19.1. The number of nitrogens with one attached hydrogen (secondary N) is 1. The smallest absolute Gasteiger partial charge is 0.338 e. The van der Waals surface area contributed by atoms with Crippen LogP contribution < -0.4 is 5.32 Å². The number of hydrogen-bond acceptors (Lipinski definition) is 2. The van der Waals surface area contributed by atoms with Crippen LogP contribution in [-0.2, 0) is 6.42 Å². The molecule has 3 nitrogen and oxygen atoms in total. The lowest BCUT2D eigenvalue weighted by Crippen LogP contribution is -2.26. The summed E-state index contributed by atoms with van der Waals surface area (Å²) in [4.78, 5) is 11.5. The van der Waals surface area contributed by atoms with E-state index in [9.17, 15) is 14.3 Å². The Morgan fingerprint density at radius 1 is 1.03 bits per heavy atom. The van der Waals surface area contributed by atoms with Crippen molar-refractivity contribution in [2.24, 2.45) is 5.92 Å². The number of carboxylic acids is 1. The van der Waals surface area contributed by atoms with Crippen molar-refractivity contribution in [1.82, 2.24) is 5.32 Å². The summed E-state index contributed by atoms with van der Waals surface area (Å²) in [6, 6.07) is 28.1. The first-order valence-electron chi connectivity index (χ1n) is 12.3. The van der Waals surface area contributed by atoms with Gasteiger partial charge in [-0.15, -0.1) is 0 Å². The monoisotopic (exact) mass is 467 g/mol. The van der Waals surface area contributed by atoms with E-state index < -0.39 is 11.8 Å². The standard InChI is InChI=1S/C31H30FNO2/c1-20(25-12-6-9-22-7-2-4-10-26(22)25)33-16-15-21-17-23-8-3-5-11-27(23)28(18-21)24-13-14-30(32)29(19-24)31(34)35/h2-14,19-21,28,33H,15-18H2,1H3,(H,34,35)/t20-,21?,28?/m1/s1. The Morgan fingerprint density at radius 2 is 1.80 bits per heavy atom. The van der Waals surface area contributed by atoms with Crippen molar-refractivity contribution in [2.75, 3.05) is 6.54 Å². The molecule has 1 aliphatic rings. The van der Waals surface area contributed by atoms with Gasteiger partial charge in [0.1, 0.15) is 5.82 Å². The minimum atomic E-state index is -1.23. The summed E-state index contributed by atoms with van der Waals surface area (Å²) in [5.74, 6) is -1.38. The first-order chi connectivity index (χ1) is 17.0. The Hall–Kier alpha value is -3.50. The highest BCUT2D eigenvalue weighted by molar-refractivity contribution is 5.88. The summed E-state index contributed by atoms with van der Waals surface area (Å²) in [6.07, 6.45) is 2.95. The maximum absolute atomic E-state index is 14.1. The van der Waals surface area contributed by atoms with Gasteiger partial charge in [-0.1, -0.05) is 72.8 Å². The van der Waals surface area contributed by atoms with E-state index in [0.717, 1.165) is 31.4 Å². The predicted molar refractivity (Wildman–Crippen MR) is 138 cm³/mol. The molecule has 4 aromatic carbocycles. The lowest BCUT2D eigenvalue weighted by Gasteiger charge is -2.32. The van der Waals surface area contributed by atoms with Crippen molar-refractivity contribution < 1.29 is 14.3 Å². The molecular formula is C31H30FNO2. The second-order valence-electron chi connectivity index (χ2n) is 9.63. The number of halogens is 1. The van der Waals surface area contributed by atoms with Crippen LogP contribution in [0, 0.1) is 11.7 Å². The maximum atomic E-state index is 14.1. The van der Waals surface area contributed by atoms with Gasteiger partial charge in [0.2, 0.25) is 0 Å². The van der Waals surface area contributed by atoms with E-state index >= 15 is 0 Å². The Bertz CT molecular complexity index is 1360. The first kappa shape index (κ1) is 23.3. The number of carbonyl (C=O) groups is 1. The normalized spacial score (nSPS) is 18.2. The molecule has 0 aromatic heterocycles. The third kappa shape index (κ3) is 4.85. The van der Waals surface area contributed by atoms with E-state index in [0.29, 0.717) is 5.92 Å². The summed E-state index contributed by atoms with van der Waals surface area (Å²) in [5, 5.41) is 15.7. The Kier molecular flexibility index (Phi) is 6.65. The molecule has 4 heteroatoms. The highest BCUT2D eigenvalue weighted by Gasteiger charge is 2.28. The minimum Gasteiger partial charge on any atom is -0.478 e. The predicted octanol–water partition coefficient (Wildman–Crippen LogP) is 7.11. The zero-order valence-corrected chi connectivity index (χ0v) is 19.9. The number of carboxylic acid groups (broad SMARTS) is 1. The van der Waals surface area contributed by atoms with Gasteiger partial charge in [0, 0.05) is 12.0 Å². The average Bonchev–Trinajstić information content (AvgIpc) is 2.88. The van der Waals surface area contributed by atoms with Gasteiger partial charge in [-0.3, -0.25) is 0 Å². The molecule has 0 heterocycles. The molecule has 0 spiro atoms. The lowest BCUT2D eigenvalue weighted by molar-refractivity contribution is 0.0691. The fourth-order valence-electron chi connectivity index (χ4n) is 5.62. The van der Waals surface area contributed by atoms with E-state index in [2.05, 4.69) is 72.9 Å². The van der Waals surface area contributed by atoms with Crippen LogP contribution in [0.5, 0.6) is 0 Å². The molecule has 1 aliphatic carbocycles. The first-order valence-corrected chi connectivity index (χ1v) is 12.3. The van der Waals surface area contributed by atoms with Crippen LogP contribution >= 0.6 is 0 Å². The van der Waals surface area contributed by atoms with E-state index in [4.69, 9.17) is 0 Å². The largest absolute Gasteiger partial charge is 0.478 e. The summed E-state index contributed by atoms with van der Waals surface area (Å²) < 4.78 is 14.1. The van der Waals surface area contributed by atoms with Gasteiger partial charge in [-0.25, -0.2) is 9.18 Å². The fraction of sp³-hybridized carbons (Fsp3) is 0.258. The van der Waals surface area contributed by atoms with Crippen LogP contribution in [0.1, 0.15) is 64.3 Å². The SMILES string of the molecule is C[C@@H](NCCC1Cc2ccccc2C(c2ccc(F)c(C(=O)O)c2)C1)c1cccc2ccccc12. The number of fused-ring (bicyclic) bond motifs is 2. The summed E-state index contributed by atoms with van der Waals surface area (Å²) in [7, 11) is 0. The average molecular weight is 468 g/mol. The van der Waals surface area contributed by atoms with Gasteiger partial charge < -0.3 is 10.4 Å². The van der Waals surface area contributed by atoms with Gasteiger partial charge in [0.05, 0.1) is 5.56 Å². The van der Waals surface area contributed by atoms with Crippen molar-refractivity contribution >= 4 is 16.7 Å². The van der Waals surface area contributed by atoms with E-state index in [-0.39, 0.29) is 17.5 Å². The van der Waals surface area contributed by atoms with Crippen LogP contribution in [0.3, 0.4) is 0 Å². The molecule has 5 rings (SSSR count). The molecule has 0 bridgehead atoms. The zero-order valence-electron chi connectivity index (χ0n) is 19.9. The van der Waals surface area contributed by atoms with Crippen LogP contribution in [0.2, 0.25) is 0 Å². The summed E-state index contributed by atoms with van der Waals surface area (Å²) >= 11 is 0. The van der Waals surface area contributed by atoms with Gasteiger partial charge >= 0.3 is 5.97 Å². The number of hydrogen-bond donors (Lipinski definition) is 2. The van der Waals surface area contributed by atoms with Crippen LogP contribution in [0.15, 0.2) is 84.9 Å². The molecule has 0 fully saturated rings. The number of aromatic carboxylic acids is 1. The third-order valence-corrected chi connectivity index (χ3v) is 7.42. The van der Waals surface area contributed by atoms with Gasteiger partial charge in [-0.05, 0) is 83.8 Å². The minimum absolute atomic E-state index is 0.0686. The molecule has 0 amide bonds. The van der Waals surface area contributed by atoms with Gasteiger partial charge in [0.25, 0.3) is 0 Å². The molecular weight excluding hydrogens is 437 g/mol. The van der Waals surface area contributed by atoms with Crippen LogP contribution in [0.4, 0.5) is 4.39 Å². The number of benzene rings is 4. The molecule has 0 aliphatic heterocycles. The number of rotatable bonds is 7. The van der Waals surface area contributed by atoms with Crippen molar-refractivity contribution in [3.8, 4) is 0 Å². The molecule has 2 unspecified atom stereocenters. The Morgan fingerprint density at radius 3 is 2.66 bits per heavy atom. The zero-order chi connectivity index (χ0) is 24.4. The van der Waals surface area contributed by atoms with Gasteiger partial charge in [0.15, 0.2) is 0 Å². The maximum Gasteiger partial charge on any atom is 0.338 e. The van der Waals surface area contributed by atoms with Crippen molar-refractivity contribution in [3.63, 3.8) is 0 Å². The Balaban J connectivity index is 1.31. The molecule has 4 aromatic rings. The van der Waals surface area contributed by atoms with Crippen molar-refractivity contribution in [2.45, 2.75) is 38.1 Å². The molecule has 2 N–H and O–H groups in total. The highest BCUT2D eigenvalue weighted by Crippen LogP contribution is 2.40. The van der Waals surface area contributed by atoms with E-state index in [1.165, 1.54) is 39.6 Å². The summed E-state index contributed by atoms with van der Waals surface area (Å²) in [6.45, 7) is 3.11. The Labute approximate surface area is 205 Å². The van der Waals surface area contributed by atoms with Crippen molar-refractivity contribution in [1.29, 1.82) is 0 Å².